The summed E-state index contributed by atoms with van der Waals surface area (Å²) in [5.74, 6) is 1.91. The minimum atomic E-state index is 0.954. The Morgan fingerprint density at radius 1 is 0.643 bits per heavy atom. The van der Waals surface area contributed by atoms with Gasteiger partial charge in [0.1, 0.15) is 0 Å². The van der Waals surface area contributed by atoms with Crippen LogP contribution in [0, 0.1) is 11.8 Å². The second kappa shape index (κ2) is 4.51. The van der Waals surface area contributed by atoms with E-state index in [1.165, 1.54) is 51.4 Å². The van der Waals surface area contributed by atoms with Crippen LogP contribution >= 0.6 is 0 Å². The van der Waals surface area contributed by atoms with Crippen molar-refractivity contribution >= 4 is 0 Å². The van der Waals surface area contributed by atoms with Crippen LogP contribution in [0.2, 0.25) is 0 Å². The van der Waals surface area contributed by atoms with Crippen LogP contribution in [0.5, 0.6) is 0 Å². The summed E-state index contributed by atoms with van der Waals surface area (Å²) in [6, 6.07) is 0. The lowest BCUT2D eigenvalue weighted by Crippen LogP contribution is -2.04. The summed E-state index contributed by atoms with van der Waals surface area (Å²) in [5, 5.41) is 0. The van der Waals surface area contributed by atoms with Gasteiger partial charge in [0, 0.05) is 0 Å². The average molecular weight is 192 g/mol. The summed E-state index contributed by atoms with van der Waals surface area (Å²) in [5.41, 5.74) is 3.52. The van der Waals surface area contributed by atoms with E-state index in [9.17, 15) is 0 Å². The maximum Gasteiger partial charge on any atom is -0.0203 e. The van der Waals surface area contributed by atoms with Crippen LogP contribution in [0.15, 0.2) is 11.1 Å². The Morgan fingerprint density at radius 2 is 0.929 bits per heavy atom. The zero-order valence-electron chi connectivity index (χ0n) is 9.81. The second-order valence-electron chi connectivity index (χ2n) is 5.33. The van der Waals surface area contributed by atoms with E-state index in [1.54, 1.807) is 11.1 Å². The molecule has 2 aliphatic carbocycles. The molecule has 0 nitrogen and oxygen atoms in total. The van der Waals surface area contributed by atoms with Crippen molar-refractivity contribution in [3.05, 3.63) is 11.1 Å². The maximum absolute atomic E-state index is 2.41. The van der Waals surface area contributed by atoms with E-state index in [2.05, 4.69) is 13.8 Å². The molecule has 14 heavy (non-hydrogen) atoms. The topological polar surface area (TPSA) is 0 Å². The standard InChI is InChI=1S/C14H24/c1-11(13-7-3-4-8-13)12(2)14-9-5-6-10-14/h13-14H,3-10H2,1-2H3. The van der Waals surface area contributed by atoms with Gasteiger partial charge >= 0.3 is 0 Å². The Balaban J connectivity index is 2.03. The molecule has 2 fully saturated rings. The Morgan fingerprint density at radius 3 is 1.21 bits per heavy atom. The molecule has 0 spiro atoms. The van der Waals surface area contributed by atoms with Crippen LogP contribution in [0.3, 0.4) is 0 Å². The van der Waals surface area contributed by atoms with Gasteiger partial charge in [-0.2, -0.15) is 0 Å². The molecular weight excluding hydrogens is 168 g/mol. The molecule has 0 heterocycles. The van der Waals surface area contributed by atoms with E-state index < -0.39 is 0 Å². The van der Waals surface area contributed by atoms with E-state index in [4.69, 9.17) is 0 Å². The van der Waals surface area contributed by atoms with E-state index in [0.29, 0.717) is 0 Å². The van der Waals surface area contributed by atoms with Crippen molar-refractivity contribution in [1.82, 2.24) is 0 Å². The molecule has 0 saturated heterocycles. The number of hydrogen-bond acceptors (Lipinski definition) is 0. The molecule has 0 N–H and O–H groups in total. The second-order valence-corrected chi connectivity index (χ2v) is 5.33. The van der Waals surface area contributed by atoms with E-state index in [0.717, 1.165) is 11.8 Å². The molecule has 0 heteroatoms. The van der Waals surface area contributed by atoms with Gasteiger partial charge in [0.05, 0.1) is 0 Å². The van der Waals surface area contributed by atoms with Gasteiger partial charge in [0.2, 0.25) is 0 Å². The molecule has 2 rings (SSSR count). The van der Waals surface area contributed by atoms with Crippen LogP contribution in [0.25, 0.3) is 0 Å². The summed E-state index contributed by atoms with van der Waals surface area (Å²) in [4.78, 5) is 0. The number of rotatable bonds is 2. The predicted molar refractivity (Wildman–Crippen MR) is 62.3 cm³/mol. The fourth-order valence-corrected chi connectivity index (χ4v) is 3.36. The molecule has 2 aliphatic rings. The third kappa shape index (κ3) is 2.04. The molecule has 0 aliphatic heterocycles. The zero-order chi connectivity index (χ0) is 9.97. The lowest BCUT2D eigenvalue weighted by atomic mass is 9.87. The largest absolute Gasteiger partial charge is 0.0710 e. The van der Waals surface area contributed by atoms with Gasteiger partial charge in [-0.25, -0.2) is 0 Å². The van der Waals surface area contributed by atoms with Crippen molar-refractivity contribution in [2.75, 3.05) is 0 Å². The quantitative estimate of drug-likeness (QED) is 0.556. The van der Waals surface area contributed by atoms with E-state index >= 15 is 0 Å². The Hall–Kier alpha value is -0.260. The van der Waals surface area contributed by atoms with Crippen molar-refractivity contribution in [2.24, 2.45) is 11.8 Å². The van der Waals surface area contributed by atoms with E-state index in [1.807, 2.05) is 0 Å². The molecular formula is C14H24. The van der Waals surface area contributed by atoms with E-state index in [-0.39, 0.29) is 0 Å². The zero-order valence-corrected chi connectivity index (χ0v) is 9.81. The molecule has 0 bridgehead atoms. The van der Waals surface area contributed by atoms with Crippen molar-refractivity contribution in [2.45, 2.75) is 65.2 Å². The third-order valence-electron chi connectivity index (χ3n) is 4.56. The van der Waals surface area contributed by atoms with Gasteiger partial charge in [0.25, 0.3) is 0 Å². The summed E-state index contributed by atoms with van der Waals surface area (Å²) >= 11 is 0. The molecule has 0 unspecified atom stereocenters. The number of allylic oxidation sites excluding steroid dienone is 2. The minimum absolute atomic E-state index is 0.954. The monoisotopic (exact) mass is 192 g/mol. The minimum Gasteiger partial charge on any atom is -0.0710 e. The molecule has 0 amide bonds. The van der Waals surface area contributed by atoms with Crippen molar-refractivity contribution in [3.63, 3.8) is 0 Å². The summed E-state index contributed by atoms with van der Waals surface area (Å²) in [6.07, 6.45) is 11.8. The van der Waals surface area contributed by atoms with Crippen molar-refractivity contribution < 1.29 is 0 Å². The summed E-state index contributed by atoms with van der Waals surface area (Å²) < 4.78 is 0. The summed E-state index contributed by atoms with van der Waals surface area (Å²) in [7, 11) is 0. The normalized spacial score (nSPS) is 27.0. The maximum atomic E-state index is 2.41. The highest BCUT2D eigenvalue weighted by Gasteiger charge is 2.23. The molecule has 0 aromatic rings. The molecule has 0 aromatic carbocycles. The Kier molecular flexibility index (Phi) is 3.30. The first-order valence-electron chi connectivity index (χ1n) is 6.46. The van der Waals surface area contributed by atoms with Crippen molar-refractivity contribution in [1.29, 1.82) is 0 Å². The van der Waals surface area contributed by atoms with Crippen LogP contribution in [-0.2, 0) is 0 Å². The van der Waals surface area contributed by atoms with Crippen LogP contribution in [0.1, 0.15) is 65.2 Å². The van der Waals surface area contributed by atoms with Crippen LogP contribution in [0.4, 0.5) is 0 Å². The molecule has 0 radical (unpaired) electrons. The highest BCUT2D eigenvalue weighted by atomic mass is 14.3. The van der Waals surface area contributed by atoms with Gasteiger partial charge in [-0.15, -0.1) is 0 Å². The van der Waals surface area contributed by atoms with Crippen molar-refractivity contribution in [3.8, 4) is 0 Å². The Bertz CT molecular complexity index is 188. The molecule has 0 aromatic heterocycles. The van der Waals surface area contributed by atoms with Gasteiger partial charge in [0.15, 0.2) is 0 Å². The van der Waals surface area contributed by atoms with Crippen LogP contribution < -0.4 is 0 Å². The van der Waals surface area contributed by atoms with Gasteiger partial charge < -0.3 is 0 Å². The number of hydrogen-bond donors (Lipinski definition) is 0. The first kappa shape index (κ1) is 10.3. The fraction of sp³-hybridized carbons (Fsp3) is 0.857. The SMILES string of the molecule is CC(=C(C)C1CCCC1)C1CCCC1. The molecule has 80 valence electrons. The smallest absolute Gasteiger partial charge is 0.0203 e. The van der Waals surface area contributed by atoms with Crippen LogP contribution in [-0.4, -0.2) is 0 Å². The molecule has 0 atom stereocenters. The fourth-order valence-electron chi connectivity index (χ4n) is 3.36. The van der Waals surface area contributed by atoms with Gasteiger partial charge in [-0.05, 0) is 51.4 Å². The average Bonchev–Trinajstić information content (AvgIpc) is 2.87. The third-order valence-corrected chi connectivity index (χ3v) is 4.56. The predicted octanol–water partition coefficient (Wildman–Crippen LogP) is 4.70. The lowest BCUT2D eigenvalue weighted by molar-refractivity contribution is 0.582. The highest BCUT2D eigenvalue weighted by molar-refractivity contribution is 5.17. The first-order chi connectivity index (χ1) is 6.79. The summed E-state index contributed by atoms with van der Waals surface area (Å²) in [6.45, 7) is 4.81. The highest BCUT2D eigenvalue weighted by Crippen LogP contribution is 2.38. The van der Waals surface area contributed by atoms with Gasteiger partial charge in [-0.3, -0.25) is 0 Å². The first-order valence-corrected chi connectivity index (χ1v) is 6.46. The lowest BCUT2D eigenvalue weighted by Gasteiger charge is -2.18. The Labute approximate surface area is 88.8 Å². The molecule has 2 saturated carbocycles. The van der Waals surface area contributed by atoms with Gasteiger partial charge in [-0.1, -0.05) is 36.8 Å².